The van der Waals surface area contributed by atoms with Crippen LogP contribution in [-0.4, -0.2) is 7.05 Å². The van der Waals surface area contributed by atoms with Crippen LogP contribution >= 0.6 is 11.6 Å². The maximum absolute atomic E-state index is 6.48. The zero-order valence-corrected chi connectivity index (χ0v) is 12.8. The Morgan fingerprint density at radius 3 is 2.67 bits per heavy atom. The fourth-order valence-electron chi connectivity index (χ4n) is 3.90. The lowest BCUT2D eigenvalue weighted by atomic mass is 9.89. The van der Waals surface area contributed by atoms with E-state index in [1.807, 2.05) is 13.1 Å². The summed E-state index contributed by atoms with van der Waals surface area (Å²) in [7, 11) is 2.05. The van der Waals surface area contributed by atoms with E-state index < -0.39 is 0 Å². The third-order valence-corrected chi connectivity index (χ3v) is 5.19. The normalized spacial score (nSPS) is 22.9. The third kappa shape index (κ3) is 1.96. The molecule has 2 atom stereocenters. The van der Waals surface area contributed by atoms with Gasteiger partial charge in [0, 0.05) is 22.5 Å². The lowest BCUT2D eigenvalue weighted by Crippen LogP contribution is -2.13. The third-order valence-electron chi connectivity index (χ3n) is 4.87. The number of halogens is 1. The van der Waals surface area contributed by atoms with Crippen molar-refractivity contribution >= 4 is 17.2 Å². The van der Waals surface area contributed by atoms with Crippen molar-refractivity contribution in [3.05, 3.63) is 75.8 Å². The van der Waals surface area contributed by atoms with Crippen LogP contribution < -0.4 is 5.32 Å². The Balaban J connectivity index is 1.81. The van der Waals surface area contributed by atoms with Gasteiger partial charge in [-0.3, -0.25) is 0 Å². The van der Waals surface area contributed by atoms with E-state index in [0.717, 1.165) is 17.9 Å². The lowest BCUT2D eigenvalue weighted by molar-refractivity contribution is 0.574. The Hall–Kier alpha value is -1.57. The molecule has 2 unspecified atom stereocenters. The first-order valence-corrected chi connectivity index (χ1v) is 7.91. The van der Waals surface area contributed by atoms with Crippen LogP contribution in [0.15, 0.2) is 48.5 Å². The molecule has 21 heavy (non-hydrogen) atoms. The number of benzene rings is 2. The van der Waals surface area contributed by atoms with Gasteiger partial charge >= 0.3 is 0 Å². The molecule has 0 amide bonds. The molecule has 2 heteroatoms. The molecular formula is C19H18ClN. The van der Waals surface area contributed by atoms with Crippen molar-refractivity contribution in [3.63, 3.8) is 0 Å². The second-order valence-electron chi connectivity index (χ2n) is 5.90. The summed E-state index contributed by atoms with van der Waals surface area (Å²) in [6.45, 7) is 0. The molecule has 2 aromatic carbocycles. The van der Waals surface area contributed by atoms with Gasteiger partial charge in [0.05, 0.1) is 0 Å². The summed E-state index contributed by atoms with van der Waals surface area (Å²) in [5, 5.41) is 4.34. The molecule has 0 aromatic heterocycles. The van der Waals surface area contributed by atoms with E-state index in [4.69, 9.17) is 11.6 Å². The molecular weight excluding hydrogens is 278 g/mol. The SMILES string of the molecule is CNC1CC(C2=CCc3cccc(Cl)c32)c2ccccc21. The van der Waals surface area contributed by atoms with Crippen LogP contribution in [-0.2, 0) is 6.42 Å². The van der Waals surface area contributed by atoms with Gasteiger partial charge in [-0.1, -0.05) is 54.1 Å². The monoisotopic (exact) mass is 295 g/mol. The molecule has 2 aliphatic rings. The summed E-state index contributed by atoms with van der Waals surface area (Å²) in [5.74, 6) is 0.458. The van der Waals surface area contributed by atoms with Crippen molar-refractivity contribution in [3.8, 4) is 0 Å². The van der Waals surface area contributed by atoms with Gasteiger partial charge in [0.2, 0.25) is 0 Å². The summed E-state index contributed by atoms with van der Waals surface area (Å²) in [4.78, 5) is 0. The molecule has 1 N–H and O–H groups in total. The molecule has 0 aliphatic heterocycles. The quantitative estimate of drug-likeness (QED) is 0.845. The van der Waals surface area contributed by atoms with Crippen molar-refractivity contribution in [2.24, 2.45) is 0 Å². The van der Waals surface area contributed by atoms with Crippen LogP contribution in [0.25, 0.3) is 5.57 Å². The Bertz CT molecular complexity index is 732. The zero-order chi connectivity index (χ0) is 14.4. The second-order valence-corrected chi connectivity index (χ2v) is 6.30. The van der Waals surface area contributed by atoms with Crippen LogP contribution in [0.5, 0.6) is 0 Å². The summed E-state index contributed by atoms with van der Waals surface area (Å²) in [6, 6.07) is 15.5. The van der Waals surface area contributed by atoms with Gasteiger partial charge in [0.15, 0.2) is 0 Å². The number of allylic oxidation sites excluding steroid dienone is 2. The fourth-order valence-corrected chi connectivity index (χ4v) is 4.21. The minimum atomic E-state index is 0.443. The molecule has 2 aromatic rings. The standard InChI is InChI=1S/C19H18ClN/c1-21-18-11-16(13-6-2-3-7-14(13)18)15-10-9-12-5-4-8-17(20)19(12)15/h2-8,10,16,18,21H,9,11H2,1H3. The van der Waals surface area contributed by atoms with E-state index in [1.165, 1.54) is 27.8 Å². The molecule has 1 nitrogen and oxygen atoms in total. The van der Waals surface area contributed by atoms with Gasteiger partial charge in [0.25, 0.3) is 0 Å². The lowest BCUT2D eigenvalue weighted by Gasteiger charge is -2.16. The smallest absolute Gasteiger partial charge is 0.0484 e. The van der Waals surface area contributed by atoms with Crippen molar-refractivity contribution < 1.29 is 0 Å². The summed E-state index contributed by atoms with van der Waals surface area (Å²) in [5.41, 5.74) is 6.95. The zero-order valence-electron chi connectivity index (χ0n) is 12.1. The van der Waals surface area contributed by atoms with E-state index in [0.29, 0.717) is 12.0 Å². The van der Waals surface area contributed by atoms with Gasteiger partial charge in [-0.15, -0.1) is 0 Å². The molecule has 0 heterocycles. The maximum Gasteiger partial charge on any atom is 0.0484 e. The molecule has 0 radical (unpaired) electrons. The molecule has 0 spiro atoms. The first-order valence-electron chi connectivity index (χ1n) is 7.53. The predicted molar refractivity (Wildman–Crippen MR) is 88.7 cm³/mol. The van der Waals surface area contributed by atoms with Crippen molar-refractivity contribution in [2.45, 2.75) is 24.8 Å². The largest absolute Gasteiger partial charge is 0.313 e. The molecule has 2 aliphatic carbocycles. The molecule has 0 saturated carbocycles. The minimum absolute atomic E-state index is 0.443. The Labute approximate surface area is 130 Å². The van der Waals surface area contributed by atoms with Crippen LogP contribution in [0.1, 0.15) is 40.6 Å². The topological polar surface area (TPSA) is 12.0 Å². The summed E-state index contributed by atoms with van der Waals surface area (Å²) < 4.78 is 0. The Morgan fingerprint density at radius 1 is 1.05 bits per heavy atom. The Morgan fingerprint density at radius 2 is 1.86 bits per heavy atom. The summed E-state index contributed by atoms with van der Waals surface area (Å²) in [6.07, 6.45) is 4.50. The van der Waals surface area contributed by atoms with Crippen LogP contribution in [0.3, 0.4) is 0 Å². The molecule has 4 rings (SSSR count). The van der Waals surface area contributed by atoms with Crippen molar-refractivity contribution in [2.75, 3.05) is 7.05 Å². The minimum Gasteiger partial charge on any atom is -0.313 e. The number of hydrogen-bond donors (Lipinski definition) is 1. The highest BCUT2D eigenvalue weighted by Crippen LogP contribution is 2.50. The number of rotatable bonds is 2. The number of fused-ring (bicyclic) bond motifs is 2. The second kappa shape index (κ2) is 5.01. The van der Waals surface area contributed by atoms with Gasteiger partial charge in [-0.05, 0) is 48.2 Å². The van der Waals surface area contributed by atoms with Crippen LogP contribution in [0.2, 0.25) is 5.02 Å². The fraction of sp³-hybridized carbons (Fsp3) is 0.263. The van der Waals surface area contributed by atoms with Gasteiger partial charge in [-0.25, -0.2) is 0 Å². The van der Waals surface area contributed by atoms with Crippen molar-refractivity contribution in [1.29, 1.82) is 0 Å². The molecule has 0 saturated heterocycles. The maximum atomic E-state index is 6.48. The first kappa shape index (κ1) is 13.1. The van der Waals surface area contributed by atoms with E-state index in [1.54, 1.807) is 0 Å². The predicted octanol–water partition coefficient (Wildman–Crippen LogP) is 4.73. The van der Waals surface area contributed by atoms with Crippen molar-refractivity contribution in [1.82, 2.24) is 5.32 Å². The van der Waals surface area contributed by atoms with E-state index in [9.17, 15) is 0 Å². The highest BCUT2D eigenvalue weighted by Gasteiger charge is 2.34. The van der Waals surface area contributed by atoms with Crippen LogP contribution in [0, 0.1) is 0 Å². The molecule has 0 fully saturated rings. The van der Waals surface area contributed by atoms with E-state index in [-0.39, 0.29) is 0 Å². The van der Waals surface area contributed by atoms with Gasteiger partial charge in [-0.2, -0.15) is 0 Å². The molecule has 106 valence electrons. The van der Waals surface area contributed by atoms with Gasteiger partial charge in [0.1, 0.15) is 0 Å². The number of nitrogens with one attached hydrogen (secondary N) is 1. The van der Waals surface area contributed by atoms with E-state index >= 15 is 0 Å². The van der Waals surface area contributed by atoms with E-state index in [2.05, 4.69) is 47.8 Å². The highest BCUT2D eigenvalue weighted by atomic mass is 35.5. The average molecular weight is 296 g/mol. The van der Waals surface area contributed by atoms with Crippen LogP contribution in [0.4, 0.5) is 0 Å². The Kier molecular flexibility index (Phi) is 3.13. The summed E-state index contributed by atoms with van der Waals surface area (Å²) >= 11 is 6.48. The molecule has 0 bridgehead atoms. The highest BCUT2D eigenvalue weighted by molar-refractivity contribution is 6.32. The van der Waals surface area contributed by atoms with Gasteiger partial charge < -0.3 is 5.32 Å². The number of hydrogen-bond acceptors (Lipinski definition) is 1. The average Bonchev–Trinajstić information content (AvgIpc) is 3.09. The first-order chi connectivity index (χ1) is 10.3.